The number of carbonyl (C=O) groups is 1. The van der Waals surface area contributed by atoms with Crippen molar-refractivity contribution in [3.8, 4) is 0 Å². The summed E-state index contributed by atoms with van der Waals surface area (Å²) in [5.41, 5.74) is 0.251. The first kappa shape index (κ1) is 11.5. The Labute approximate surface area is 87.0 Å². The molecule has 0 saturated heterocycles. The summed E-state index contributed by atoms with van der Waals surface area (Å²) in [6, 6.07) is 0. The van der Waals surface area contributed by atoms with Crippen molar-refractivity contribution in [1.82, 2.24) is 0 Å². The van der Waals surface area contributed by atoms with Gasteiger partial charge in [0.25, 0.3) is 0 Å². The summed E-state index contributed by atoms with van der Waals surface area (Å²) in [6.07, 6.45) is 4.87. The molecule has 0 amide bonds. The zero-order valence-electron chi connectivity index (χ0n) is 9.80. The van der Waals surface area contributed by atoms with E-state index in [1.54, 1.807) is 0 Å². The molecule has 0 aromatic carbocycles. The number of hydrogen-bond acceptors (Lipinski definition) is 2. The van der Waals surface area contributed by atoms with Crippen LogP contribution in [0.4, 0.5) is 0 Å². The maximum atomic E-state index is 11.0. The van der Waals surface area contributed by atoms with Crippen LogP contribution in [0.2, 0.25) is 0 Å². The molecular weight excluding hydrogens is 176 g/mol. The van der Waals surface area contributed by atoms with Crippen molar-refractivity contribution >= 4 is 5.97 Å². The Morgan fingerprint density at radius 2 is 1.79 bits per heavy atom. The van der Waals surface area contributed by atoms with E-state index < -0.39 is 0 Å². The molecule has 1 unspecified atom stereocenters. The van der Waals surface area contributed by atoms with E-state index in [9.17, 15) is 4.79 Å². The van der Waals surface area contributed by atoms with Gasteiger partial charge in [-0.05, 0) is 24.7 Å². The van der Waals surface area contributed by atoms with E-state index >= 15 is 0 Å². The van der Waals surface area contributed by atoms with E-state index in [4.69, 9.17) is 4.74 Å². The lowest BCUT2D eigenvalue weighted by Gasteiger charge is -2.39. The minimum atomic E-state index is -0.133. The molecule has 2 heteroatoms. The first-order chi connectivity index (χ1) is 6.41. The van der Waals surface area contributed by atoms with Gasteiger partial charge in [0.1, 0.15) is 6.10 Å². The van der Waals surface area contributed by atoms with Gasteiger partial charge in [-0.15, -0.1) is 0 Å². The SMILES string of the molecule is CC(=O)OC1CCCC[C@@H]1C(C)(C)C. The van der Waals surface area contributed by atoms with Crippen molar-refractivity contribution in [3.63, 3.8) is 0 Å². The third kappa shape index (κ3) is 3.00. The minimum Gasteiger partial charge on any atom is -0.462 e. The highest BCUT2D eigenvalue weighted by Crippen LogP contribution is 2.39. The smallest absolute Gasteiger partial charge is 0.302 e. The summed E-state index contributed by atoms with van der Waals surface area (Å²) in [7, 11) is 0. The first-order valence-electron chi connectivity index (χ1n) is 5.58. The molecule has 14 heavy (non-hydrogen) atoms. The van der Waals surface area contributed by atoms with Crippen molar-refractivity contribution in [2.45, 2.75) is 59.5 Å². The highest BCUT2D eigenvalue weighted by molar-refractivity contribution is 5.66. The molecule has 0 heterocycles. The monoisotopic (exact) mass is 198 g/mol. The molecule has 0 spiro atoms. The van der Waals surface area contributed by atoms with E-state index in [2.05, 4.69) is 20.8 Å². The van der Waals surface area contributed by atoms with Gasteiger partial charge in [-0.3, -0.25) is 4.79 Å². The van der Waals surface area contributed by atoms with Crippen molar-refractivity contribution in [2.24, 2.45) is 11.3 Å². The Morgan fingerprint density at radius 1 is 1.21 bits per heavy atom. The van der Waals surface area contributed by atoms with Crippen LogP contribution in [0, 0.1) is 11.3 Å². The van der Waals surface area contributed by atoms with Crippen LogP contribution in [-0.2, 0) is 9.53 Å². The van der Waals surface area contributed by atoms with Crippen LogP contribution in [-0.4, -0.2) is 12.1 Å². The van der Waals surface area contributed by atoms with Crippen molar-refractivity contribution in [1.29, 1.82) is 0 Å². The number of hydrogen-bond donors (Lipinski definition) is 0. The molecular formula is C12H22O2. The van der Waals surface area contributed by atoms with Gasteiger partial charge in [-0.25, -0.2) is 0 Å². The van der Waals surface area contributed by atoms with Gasteiger partial charge in [0.15, 0.2) is 0 Å². The summed E-state index contributed by atoms with van der Waals surface area (Å²) >= 11 is 0. The van der Waals surface area contributed by atoms with E-state index in [1.807, 2.05) is 0 Å². The normalized spacial score (nSPS) is 28.6. The number of carbonyl (C=O) groups excluding carboxylic acids is 1. The summed E-state index contributed by atoms with van der Waals surface area (Å²) in [4.78, 5) is 11.0. The molecule has 0 aromatic heterocycles. The Hall–Kier alpha value is -0.530. The van der Waals surface area contributed by atoms with Crippen LogP contribution in [0.1, 0.15) is 53.4 Å². The van der Waals surface area contributed by atoms with E-state index in [-0.39, 0.29) is 17.5 Å². The average Bonchev–Trinajstić information content (AvgIpc) is 2.01. The van der Waals surface area contributed by atoms with Gasteiger partial charge in [-0.1, -0.05) is 27.2 Å². The Bertz CT molecular complexity index is 203. The quantitative estimate of drug-likeness (QED) is 0.605. The van der Waals surface area contributed by atoms with Crippen LogP contribution in [0.3, 0.4) is 0 Å². The van der Waals surface area contributed by atoms with Crippen LogP contribution in [0.15, 0.2) is 0 Å². The lowest BCUT2D eigenvalue weighted by molar-refractivity contribution is -0.153. The predicted molar refractivity (Wildman–Crippen MR) is 57.0 cm³/mol. The number of ether oxygens (including phenoxy) is 1. The third-order valence-electron chi connectivity index (χ3n) is 3.13. The van der Waals surface area contributed by atoms with Crippen LogP contribution in [0.25, 0.3) is 0 Å². The zero-order valence-corrected chi connectivity index (χ0v) is 9.80. The molecule has 0 aromatic rings. The Balaban J connectivity index is 2.64. The lowest BCUT2D eigenvalue weighted by atomic mass is 9.71. The van der Waals surface area contributed by atoms with Gasteiger partial charge < -0.3 is 4.74 Å². The molecule has 1 fully saturated rings. The minimum absolute atomic E-state index is 0.133. The van der Waals surface area contributed by atoms with Crippen molar-refractivity contribution in [3.05, 3.63) is 0 Å². The second kappa shape index (κ2) is 4.33. The fraction of sp³-hybridized carbons (Fsp3) is 0.917. The third-order valence-corrected chi connectivity index (χ3v) is 3.13. The molecule has 1 saturated carbocycles. The molecule has 2 atom stereocenters. The number of rotatable bonds is 1. The standard InChI is InChI=1S/C12H22O2/c1-9(13)14-11-8-6-5-7-10(11)12(2,3)4/h10-11H,5-8H2,1-4H3/t10-,11?/m0/s1. The van der Waals surface area contributed by atoms with E-state index in [0.717, 1.165) is 6.42 Å². The summed E-state index contributed by atoms with van der Waals surface area (Å²) in [5.74, 6) is 0.395. The second-order valence-electron chi connectivity index (χ2n) is 5.40. The fourth-order valence-corrected chi connectivity index (χ4v) is 2.44. The van der Waals surface area contributed by atoms with Gasteiger partial charge in [0.05, 0.1) is 0 Å². The summed E-state index contributed by atoms with van der Waals surface area (Å²) in [6.45, 7) is 8.22. The first-order valence-corrected chi connectivity index (χ1v) is 5.58. The second-order valence-corrected chi connectivity index (χ2v) is 5.40. The molecule has 0 aliphatic heterocycles. The lowest BCUT2D eigenvalue weighted by Crippen LogP contribution is -2.37. The van der Waals surface area contributed by atoms with Gasteiger partial charge in [-0.2, -0.15) is 0 Å². The van der Waals surface area contributed by atoms with E-state index in [1.165, 1.54) is 26.2 Å². The maximum absolute atomic E-state index is 11.0. The molecule has 1 aliphatic rings. The molecule has 0 radical (unpaired) electrons. The summed E-state index contributed by atoms with van der Waals surface area (Å²) < 4.78 is 5.39. The largest absolute Gasteiger partial charge is 0.462 e. The van der Waals surface area contributed by atoms with Crippen LogP contribution in [0.5, 0.6) is 0 Å². The van der Waals surface area contributed by atoms with Crippen molar-refractivity contribution < 1.29 is 9.53 Å². The highest BCUT2D eigenvalue weighted by Gasteiger charge is 2.35. The topological polar surface area (TPSA) is 26.3 Å². The number of esters is 1. The Morgan fingerprint density at radius 3 is 2.29 bits per heavy atom. The van der Waals surface area contributed by atoms with Crippen LogP contribution >= 0.6 is 0 Å². The molecule has 1 aliphatic carbocycles. The van der Waals surface area contributed by atoms with Gasteiger partial charge in [0.2, 0.25) is 0 Å². The molecule has 0 bridgehead atoms. The zero-order chi connectivity index (χ0) is 10.8. The maximum Gasteiger partial charge on any atom is 0.302 e. The average molecular weight is 198 g/mol. The molecule has 82 valence electrons. The van der Waals surface area contributed by atoms with Crippen molar-refractivity contribution in [2.75, 3.05) is 0 Å². The predicted octanol–water partition coefficient (Wildman–Crippen LogP) is 3.15. The van der Waals surface area contributed by atoms with Gasteiger partial charge >= 0.3 is 5.97 Å². The van der Waals surface area contributed by atoms with Crippen LogP contribution < -0.4 is 0 Å². The summed E-state index contributed by atoms with van der Waals surface area (Å²) in [5, 5.41) is 0. The molecule has 0 N–H and O–H groups in total. The van der Waals surface area contributed by atoms with E-state index in [0.29, 0.717) is 5.92 Å². The fourth-order valence-electron chi connectivity index (χ4n) is 2.44. The Kier molecular flexibility index (Phi) is 3.57. The highest BCUT2D eigenvalue weighted by atomic mass is 16.5. The van der Waals surface area contributed by atoms with Gasteiger partial charge in [0, 0.05) is 12.8 Å². The molecule has 1 rings (SSSR count). The molecule has 2 nitrogen and oxygen atoms in total.